The summed E-state index contributed by atoms with van der Waals surface area (Å²) in [6, 6.07) is 7.42. The van der Waals surface area contributed by atoms with Gasteiger partial charge in [-0.15, -0.1) is 0 Å². The first-order valence-corrected chi connectivity index (χ1v) is 6.61. The van der Waals surface area contributed by atoms with E-state index in [9.17, 15) is 4.79 Å². The largest absolute Gasteiger partial charge is 0.496 e. The van der Waals surface area contributed by atoms with Gasteiger partial charge in [0.1, 0.15) is 5.75 Å². The Morgan fingerprint density at radius 3 is 2.95 bits per heavy atom. The lowest BCUT2D eigenvalue weighted by molar-refractivity contribution is 0.152. The monoisotopic (exact) mass is 291 g/mol. The third-order valence-corrected chi connectivity index (χ3v) is 2.70. The molecule has 0 aliphatic heterocycles. The molecule has 0 aliphatic rings. The molecule has 2 aromatic rings. The minimum Gasteiger partial charge on any atom is -0.496 e. The average Bonchev–Trinajstić information content (AvgIpc) is 2.96. The second-order valence-electron chi connectivity index (χ2n) is 4.11. The number of ether oxygens (including phenoxy) is 2. The fourth-order valence-electron chi connectivity index (χ4n) is 1.75. The van der Waals surface area contributed by atoms with E-state index in [1.54, 1.807) is 14.0 Å². The zero-order chi connectivity index (χ0) is 15.1. The molecule has 0 unspecified atom stereocenters. The number of hydrogen-bond donors (Lipinski definition) is 1. The molecule has 1 amide bonds. The van der Waals surface area contributed by atoms with E-state index in [0.29, 0.717) is 37.0 Å². The van der Waals surface area contributed by atoms with Gasteiger partial charge in [0, 0.05) is 13.0 Å². The van der Waals surface area contributed by atoms with Gasteiger partial charge in [-0.2, -0.15) is 4.98 Å². The van der Waals surface area contributed by atoms with Gasteiger partial charge >= 0.3 is 6.09 Å². The van der Waals surface area contributed by atoms with Crippen LogP contribution in [0, 0.1) is 0 Å². The fourth-order valence-corrected chi connectivity index (χ4v) is 1.75. The van der Waals surface area contributed by atoms with Crippen molar-refractivity contribution in [1.29, 1.82) is 0 Å². The Labute approximate surface area is 122 Å². The number of alkyl carbamates (subject to hydrolysis) is 1. The van der Waals surface area contributed by atoms with E-state index in [2.05, 4.69) is 15.5 Å². The maximum atomic E-state index is 11.1. The van der Waals surface area contributed by atoms with Crippen LogP contribution in [0.4, 0.5) is 4.79 Å². The molecule has 0 spiro atoms. The molecule has 1 heterocycles. The van der Waals surface area contributed by atoms with Crippen molar-refractivity contribution in [2.24, 2.45) is 0 Å². The zero-order valence-electron chi connectivity index (χ0n) is 12.0. The van der Waals surface area contributed by atoms with Gasteiger partial charge in [0.05, 0.1) is 19.3 Å². The van der Waals surface area contributed by atoms with Crippen LogP contribution in [0.15, 0.2) is 28.8 Å². The van der Waals surface area contributed by atoms with Crippen LogP contribution < -0.4 is 10.1 Å². The number of para-hydroxylation sites is 1. The number of amides is 1. The molecule has 0 saturated heterocycles. The number of carbonyl (C=O) groups is 1. The summed E-state index contributed by atoms with van der Waals surface area (Å²) >= 11 is 0. The number of methoxy groups -OCH3 is 1. The molecule has 1 N–H and O–H groups in total. The Kier molecular flexibility index (Phi) is 5.14. The molecule has 21 heavy (non-hydrogen) atoms. The summed E-state index contributed by atoms with van der Waals surface area (Å²) in [7, 11) is 1.59. The average molecular weight is 291 g/mol. The van der Waals surface area contributed by atoms with E-state index in [0.717, 1.165) is 5.56 Å². The molecule has 1 aromatic heterocycles. The maximum absolute atomic E-state index is 11.1. The van der Waals surface area contributed by atoms with Gasteiger partial charge in [-0.25, -0.2) is 4.79 Å². The van der Waals surface area contributed by atoms with Crippen molar-refractivity contribution in [2.45, 2.75) is 13.3 Å². The van der Waals surface area contributed by atoms with Crippen LogP contribution in [-0.4, -0.2) is 36.5 Å². The lowest BCUT2D eigenvalue weighted by atomic mass is 10.2. The zero-order valence-corrected chi connectivity index (χ0v) is 12.0. The highest BCUT2D eigenvalue weighted by molar-refractivity contribution is 5.67. The van der Waals surface area contributed by atoms with Gasteiger partial charge in [0.25, 0.3) is 0 Å². The minimum atomic E-state index is -0.457. The van der Waals surface area contributed by atoms with Crippen LogP contribution in [0.5, 0.6) is 5.75 Å². The fraction of sp³-hybridized carbons (Fsp3) is 0.357. The first-order valence-electron chi connectivity index (χ1n) is 6.61. The molecule has 0 aliphatic carbocycles. The second kappa shape index (κ2) is 7.28. The first kappa shape index (κ1) is 14.8. The summed E-state index contributed by atoms with van der Waals surface area (Å²) in [6.07, 6.45) is -0.0250. The van der Waals surface area contributed by atoms with Crippen molar-refractivity contribution in [2.75, 3.05) is 20.3 Å². The standard InChI is InChI=1S/C14H17N3O4/c1-3-20-14(18)15-9-8-12-16-13(17-21-12)10-6-4-5-7-11(10)19-2/h4-7H,3,8-9H2,1-2H3,(H,15,18). The summed E-state index contributed by atoms with van der Waals surface area (Å²) in [6.45, 7) is 2.45. The summed E-state index contributed by atoms with van der Waals surface area (Å²) in [5.41, 5.74) is 0.758. The maximum Gasteiger partial charge on any atom is 0.407 e. The minimum absolute atomic E-state index is 0.338. The van der Waals surface area contributed by atoms with E-state index in [-0.39, 0.29) is 0 Å². The Morgan fingerprint density at radius 2 is 2.19 bits per heavy atom. The highest BCUT2D eigenvalue weighted by Crippen LogP contribution is 2.26. The van der Waals surface area contributed by atoms with Gasteiger partial charge in [-0.1, -0.05) is 17.3 Å². The molecule has 0 radical (unpaired) electrons. The van der Waals surface area contributed by atoms with Crippen LogP contribution in [0.1, 0.15) is 12.8 Å². The summed E-state index contributed by atoms with van der Waals surface area (Å²) < 4.78 is 15.2. The molecule has 7 nitrogen and oxygen atoms in total. The Hall–Kier alpha value is -2.57. The third kappa shape index (κ3) is 3.95. The quantitative estimate of drug-likeness (QED) is 0.876. The summed E-state index contributed by atoms with van der Waals surface area (Å²) in [4.78, 5) is 15.4. The van der Waals surface area contributed by atoms with Crippen molar-refractivity contribution in [1.82, 2.24) is 15.5 Å². The van der Waals surface area contributed by atoms with E-state index >= 15 is 0 Å². The first-order chi connectivity index (χ1) is 10.2. The molecule has 0 saturated carbocycles. The van der Waals surface area contributed by atoms with Gasteiger partial charge in [-0.05, 0) is 19.1 Å². The van der Waals surface area contributed by atoms with Gasteiger partial charge in [-0.3, -0.25) is 0 Å². The van der Waals surface area contributed by atoms with Crippen LogP contribution >= 0.6 is 0 Å². The van der Waals surface area contributed by atoms with Crippen LogP contribution in [-0.2, 0) is 11.2 Å². The molecule has 7 heteroatoms. The molecule has 112 valence electrons. The highest BCUT2D eigenvalue weighted by Gasteiger charge is 2.12. The van der Waals surface area contributed by atoms with Crippen molar-refractivity contribution in [3.8, 4) is 17.1 Å². The topological polar surface area (TPSA) is 86.5 Å². The van der Waals surface area contributed by atoms with Crippen molar-refractivity contribution in [3.05, 3.63) is 30.2 Å². The number of aromatic nitrogens is 2. The molecular weight excluding hydrogens is 274 g/mol. The van der Waals surface area contributed by atoms with Crippen LogP contribution in [0.2, 0.25) is 0 Å². The smallest absolute Gasteiger partial charge is 0.407 e. The van der Waals surface area contributed by atoms with Gasteiger partial charge in [0.2, 0.25) is 11.7 Å². The highest BCUT2D eigenvalue weighted by atomic mass is 16.5. The number of carbonyl (C=O) groups excluding carboxylic acids is 1. The predicted octanol–water partition coefficient (Wildman–Crippen LogP) is 2.03. The Morgan fingerprint density at radius 1 is 1.38 bits per heavy atom. The van der Waals surface area contributed by atoms with E-state index in [1.165, 1.54) is 0 Å². The number of rotatable bonds is 6. The number of nitrogens with zero attached hydrogens (tertiary/aromatic N) is 2. The predicted molar refractivity (Wildman–Crippen MR) is 75.0 cm³/mol. The lowest BCUT2D eigenvalue weighted by Crippen LogP contribution is -2.26. The third-order valence-electron chi connectivity index (χ3n) is 2.70. The molecule has 0 fully saturated rings. The van der Waals surface area contributed by atoms with E-state index < -0.39 is 6.09 Å². The molecule has 0 bridgehead atoms. The lowest BCUT2D eigenvalue weighted by Gasteiger charge is -2.03. The second-order valence-corrected chi connectivity index (χ2v) is 4.11. The SMILES string of the molecule is CCOC(=O)NCCc1nc(-c2ccccc2OC)no1. The van der Waals surface area contributed by atoms with E-state index in [4.69, 9.17) is 14.0 Å². The molecular formula is C14H17N3O4. The molecule has 2 rings (SSSR count). The number of benzene rings is 1. The summed E-state index contributed by atoms with van der Waals surface area (Å²) in [5.74, 6) is 1.57. The summed E-state index contributed by atoms with van der Waals surface area (Å²) in [5, 5.41) is 6.51. The van der Waals surface area contributed by atoms with Crippen LogP contribution in [0.25, 0.3) is 11.4 Å². The molecule has 0 atom stereocenters. The molecule has 1 aromatic carbocycles. The van der Waals surface area contributed by atoms with Crippen molar-refractivity contribution >= 4 is 6.09 Å². The Balaban J connectivity index is 1.97. The van der Waals surface area contributed by atoms with Crippen molar-refractivity contribution < 1.29 is 18.8 Å². The Bertz CT molecular complexity index is 597. The number of hydrogen-bond acceptors (Lipinski definition) is 6. The van der Waals surface area contributed by atoms with Gasteiger partial charge in [0.15, 0.2) is 0 Å². The van der Waals surface area contributed by atoms with Gasteiger partial charge < -0.3 is 19.3 Å². The normalized spacial score (nSPS) is 10.2. The van der Waals surface area contributed by atoms with Crippen LogP contribution in [0.3, 0.4) is 0 Å². The number of nitrogens with one attached hydrogen (secondary N) is 1. The van der Waals surface area contributed by atoms with Crippen molar-refractivity contribution in [3.63, 3.8) is 0 Å². The van der Waals surface area contributed by atoms with E-state index in [1.807, 2.05) is 24.3 Å².